The minimum atomic E-state index is 0. The smallest absolute Gasteiger partial charge is 0.279 e. The lowest BCUT2D eigenvalue weighted by atomic mass is 10.1. The van der Waals surface area contributed by atoms with E-state index in [9.17, 15) is 4.79 Å². The zero-order valence-corrected chi connectivity index (χ0v) is 20.6. The first kappa shape index (κ1) is 26.5. The summed E-state index contributed by atoms with van der Waals surface area (Å²) < 4.78 is 6.42. The number of nitrogens with zero attached hydrogens (tertiary/aromatic N) is 1. The van der Waals surface area contributed by atoms with Gasteiger partial charge in [-0.25, -0.2) is 0 Å². The summed E-state index contributed by atoms with van der Waals surface area (Å²) in [7, 11) is 0. The van der Waals surface area contributed by atoms with E-state index in [0.717, 1.165) is 59.8 Å². The lowest BCUT2D eigenvalue weighted by Crippen LogP contribution is -3.00. The molecule has 2 aromatic carbocycles. The Kier molecular flexibility index (Phi) is 12.1. The van der Waals surface area contributed by atoms with Crippen LogP contribution in [0, 0.1) is 0 Å². The largest absolute Gasteiger partial charge is 1.00 e. The number of anilines is 1. The topological polar surface area (TPSA) is 38.3 Å². The van der Waals surface area contributed by atoms with E-state index in [1.807, 2.05) is 36.4 Å². The van der Waals surface area contributed by atoms with Gasteiger partial charge in [-0.1, -0.05) is 50.6 Å². The summed E-state index contributed by atoms with van der Waals surface area (Å²) in [6.07, 6.45) is 3.01. The van der Waals surface area contributed by atoms with Crippen LogP contribution in [0.4, 0.5) is 5.69 Å². The Labute approximate surface area is 196 Å². The van der Waals surface area contributed by atoms with Crippen molar-refractivity contribution in [3.05, 3.63) is 59.1 Å². The average Bonchev–Trinajstić information content (AvgIpc) is 2.69. The van der Waals surface area contributed by atoms with Crippen LogP contribution < -0.4 is 27.0 Å². The van der Waals surface area contributed by atoms with Crippen LogP contribution in [0.5, 0.6) is 5.75 Å². The molecule has 0 saturated carbocycles. The van der Waals surface area contributed by atoms with Gasteiger partial charge in [0, 0.05) is 22.3 Å². The van der Waals surface area contributed by atoms with E-state index in [1.165, 1.54) is 5.56 Å². The standard InChI is InChI=1S/C24H33ClN2O2.BrH/c1-4-14-27(15-5-2,18-20-10-12-21(25)13-11-20)19-24(28)26-22-8-7-9-23(17-22)29-16-6-3;/h7-13,17H,4-6,14-16,18-19H2,1-3H3;1H. The van der Waals surface area contributed by atoms with E-state index in [-0.39, 0.29) is 22.9 Å². The van der Waals surface area contributed by atoms with Crippen LogP contribution in [0.15, 0.2) is 48.5 Å². The first-order chi connectivity index (χ1) is 14.0. The van der Waals surface area contributed by atoms with Crippen molar-refractivity contribution < 1.29 is 31.0 Å². The Bertz CT molecular complexity index is 762. The predicted molar refractivity (Wildman–Crippen MR) is 121 cm³/mol. The Morgan fingerprint density at radius 2 is 1.67 bits per heavy atom. The third-order valence-corrected chi connectivity index (χ3v) is 5.15. The van der Waals surface area contributed by atoms with Crippen LogP contribution in [0.1, 0.15) is 45.6 Å². The number of quaternary nitrogens is 1. The number of halogens is 2. The van der Waals surface area contributed by atoms with Gasteiger partial charge in [-0.3, -0.25) is 4.79 Å². The molecule has 0 spiro atoms. The summed E-state index contributed by atoms with van der Waals surface area (Å²) in [6.45, 7) is 10.3. The predicted octanol–water partition coefficient (Wildman–Crippen LogP) is 2.91. The highest BCUT2D eigenvalue weighted by Gasteiger charge is 2.29. The molecule has 6 heteroatoms. The number of hydrogen-bond donors (Lipinski definition) is 1. The molecular formula is C24H34BrClN2O2. The molecule has 0 heterocycles. The van der Waals surface area contributed by atoms with Crippen LogP contribution >= 0.6 is 11.6 Å². The van der Waals surface area contributed by atoms with Gasteiger partial charge in [0.15, 0.2) is 6.54 Å². The second-order valence-electron chi connectivity index (χ2n) is 7.66. The van der Waals surface area contributed by atoms with E-state index in [2.05, 4.69) is 38.2 Å². The molecule has 0 saturated heterocycles. The number of benzene rings is 2. The number of carbonyl (C=O) groups excluding carboxylic acids is 1. The Morgan fingerprint density at radius 1 is 1.00 bits per heavy atom. The second-order valence-corrected chi connectivity index (χ2v) is 8.09. The van der Waals surface area contributed by atoms with Gasteiger partial charge in [0.25, 0.3) is 5.91 Å². The Balaban J connectivity index is 0.00000450. The molecule has 0 unspecified atom stereocenters. The molecule has 2 rings (SSSR count). The SMILES string of the molecule is CCCOc1cccc(NC(=O)C[N+](CCC)(CCC)Cc2ccc(Cl)cc2)c1.[Br-]. The van der Waals surface area contributed by atoms with Gasteiger partial charge in [-0.05, 0) is 43.5 Å². The maximum absolute atomic E-state index is 13.0. The van der Waals surface area contributed by atoms with Crippen molar-refractivity contribution >= 4 is 23.2 Å². The van der Waals surface area contributed by atoms with Crippen molar-refractivity contribution in [1.82, 2.24) is 0 Å². The number of hydrogen-bond acceptors (Lipinski definition) is 2. The van der Waals surface area contributed by atoms with Gasteiger partial charge < -0.3 is 31.5 Å². The maximum atomic E-state index is 13.0. The molecule has 166 valence electrons. The molecule has 0 aliphatic carbocycles. The molecule has 0 radical (unpaired) electrons. The molecule has 30 heavy (non-hydrogen) atoms. The fraction of sp³-hybridized carbons (Fsp3) is 0.458. The maximum Gasteiger partial charge on any atom is 0.279 e. The third-order valence-electron chi connectivity index (χ3n) is 4.90. The first-order valence-electron chi connectivity index (χ1n) is 10.6. The number of nitrogens with one attached hydrogen (secondary N) is 1. The summed E-state index contributed by atoms with van der Waals surface area (Å²) in [5, 5.41) is 3.81. The van der Waals surface area contributed by atoms with Crippen molar-refractivity contribution in [3.8, 4) is 5.75 Å². The number of rotatable bonds is 12. The van der Waals surface area contributed by atoms with E-state index < -0.39 is 0 Å². The van der Waals surface area contributed by atoms with Gasteiger partial charge in [0.05, 0.1) is 19.7 Å². The molecule has 1 N–H and O–H groups in total. The van der Waals surface area contributed by atoms with Gasteiger partial charge in [-0.2, -0.15) is 0 Å². The van der Waals surface area contributed by atoms with Crippen molar-refractivity contribution in [2.75, 3.05) is 31.6 Å². The fourth-order valence-electron chi connectivity index (χ4n) is 3.80. The molecule has 4 nitrogen and oxygen atoms in total. The van der Waals surface area contributed by atoms with Crippen LogP contribution in [0.25, 0.3) is 0 Å². The van der Waals surface area contributed by atoms with Gasteiger partial charge in [0.1, 0.15) is 12.3 Å². The van der Waals surface area contributed by atoms with E-state index in [1.54, 1.807) is 0 Å². The Morgan fingerprint density at radius 3 is 2.27 bits per heavy atom. The fourth-order valence-corrected chi connectivity index (χ4v) is 3.92. The average molecular weight is 498 g/mol. The first-order valence-corrected chi connectivity index (χ1v) is 11.0. The van der Waals surface area contributed by atoms with Crippen molar-refractivity contribution in [1.29, 1.82) is 0 Å². The molecule has 0 aromatic heterocycles. The van der Waals surface area contributed by atoms with Crippen LogP contribution in [0.2, 0.25) is 5.02 Å². The zero-order chi connectivity index (χ0) is 21.1. The Hall–Kier alpha value is -1.56. The minimum Gasteiger partial charge on any atom is -1.00 e. The highest BCUT2D eigenvalue weighted by atomic mass is 79.9. The molecule has 1 amide bonds. The summed E-state index contributed by atoms with van der Waals surface area (Å²) in [6, 6.07) is 15.6. The van der Waals surface area contributed by atoms with E-state index >= 15 is 0 Å². The quantitative estimate of drug-likeness (QED) is 0.458. The summed E-state index contributed by atoms with van der Waals surface area (Å²) in [5.41, 5.74) is 1.99. The van der Waals surface area contributed by atoms with Crippen molar-refractivity contribution in [2.24, 2.45) is 0 Å². The van der Waals surface area contributed by atoms with Gasteiger partial charge in [0.2, 0.25) is 0 Å². The van der Waals surface area contributed by atoms with E-state index in [0.29, 0.717) is 13.2 Å². The monoisotopic (exact) mass is 496 g/mol. The lowest BCUT2D eigenvalue weighted by Gasteiger charge is -2.38. The molecule has 0 aliphatic rings. The molecule has 0 bridgehead atoms. The number of carbonyl (C=O) groups is 1. The molecule has 2 aromatic rings. The molecule has 0 atom stereocenters. The van der Waals surface area contributed by atoms with Crippen molar-refractivity contribution in [2.45, 2.75) is 46.6 Å². The van der Waals surface area contributed by atoms with Crippen LogP contribution in [0.3, 0.4) is 0 Å². The van der Waals surface area contributed by atoms with E-state index in [4.69, 9.17) is 16.3 Å². The lowest BCUT2D eigenvalue weighted by molar-refractivity contribution is -0.933. The zero-order valence-electron chi connectivity index (χ0n) is 18.3. The van der Waals surface area contributed by atoms with Gasteiger partial charge >= 0.3 is 0 Å². The second kappa shape index (κ2) is 13.7. The highest BCUT2D eigenvalue weighted by Crippen LogP contribution is 2.21. The summed E-state index contributed by atoms with van der Waals surface area (Å²) >= 11 is 6.04. The van der Waals surface area contributed by atoms with Gasteiger partial charge in [-0.15, -0.1) is 0 Å². The van der Waals surface area contributed by atoms with Crippen LogP contribution in [-0.2, 0) is 11.3 Å². The highest BCUT2D eigenvalue weighted by molar-refractivity contribution is 6.30. The summed E-state index contributed by atoms with van der Waals surface area (Å²) in [5.74, 6) is 0.821. The number of amides is 1. The van der Waals surface area contributed by atoms with Crippen LogP contribution in [-0.4, -0.2) is 36.6 Å². The molecule has 0 aliphatic heterocycles. The van der Waals surface area contributed by atoms with Crippen molar-refractivity contribution in [3.63, 3.8) is 0 Å². The normalized spacial score (nSPS) is 10.9. The third kappa shape index (κ3) is 8.66. The molecular weight excluding hydrogens is 464 g/mol. The summed E-state index contributed by atoms with van der Waals surface area (Å²) in [4.78, 5) is 13.0. The number of ether oxygens (including phenoxy) is 1. The minimum absolute atomic E-state index is 0. The molecule has 0 fully saturated rings.